The van der Waals surface area contributed by atoms with E-state index in [1.54, 1.807) is 0 Å². The van der Waals surface area contributed by atoms with Gasteiger partial charge in [0, 0.05) is 11.6 Å². The molecular weight excluding hydrogens is 620 g/mol. The zero-order valence-corrected chi connectivity index (χ0v) is 22.4. The lowest BCUT2D eigenvalue weighted by molar-refractivity contribution is -0.117. The number of halogens is 9. The molecule has 14 heteroatoms. The summed E-state index contributed by atoms with van der Waals surface area (Å²) in [6, 6.07) is 6.63. The van der Waals surface area contributed by atoms with Crippen LogP contribution in [0.2, 0.25) is 20.1 Å². The minimum Gasteiger partial charge on any atom is -0.394 e. The average Bonchev–Trinajstić information content (AvgIpc) is 3.41. The Balaban J connectivity index is 1.57. The van der Waals surface area contributed by atoms with E-state index in [0.29, 0.717) is 5.56 Å². The SMILES string of the molecule is Nc1c(F)ccc(NC(=O)c2cc(NC(=O)C3[C@H](c4cc(Cl)c(Cl)c(Cl)c4)C3(Cl)Cl)cc(F)c2Cl)c1F. The minimum atomic E-state index is -1.55. The zero-order chi connectivity index (χ0) is 27.4. The number of nitrogens with two attached hydrogens (primary N) is 1. The Labute approximate surface area is 237 Å². The number of benzene rings is 3. The molecule has 0 saturated heterocycles. The molecule has 1 fully saturated rings. The van der Waals surface area contributed by atoms with Gasteiger partial charge in [0.05, 0.1) is 37.3 Å². The van der Waals surface area contributed by atoms with Crippen molar-refractivity contribution in [3.8, 4) is 0 Å². The Bertz CT molecular complexity index is 1450. The van der Waals surface area contributed by atoms with Crippen LogP contribution >= 0.6 is 69.6 Å². The molecule has 37 heavy (non-hydrogen) atoms. The third-order valence-corrected chi connectivity index (χ3v) is 8.14. The second kappa shape index (κ2) is 10.2. The molecule has 1 aliphatic rings. The predicted octanol–water partition coefficient (Wildman–Crippen LogP) is 8.08. The maximum atomic E-state index is 14.5. The molecule has 3 aromatic rings. The Morgan fingerprint density at radius 1 is 0.865 bits per heavy atom. The molecule has 0 radical (unpaired) electrons. The van der Waals surface area contributed by atoms with Crippen LogP contribution in [0.4, 0.5) is 30.2 Å². The first kappa shape index (κ1) is 28.0. The van der Waals surface area contributed by atoms with Crippen LogP contribution in [0, 0.1) is 23.4 Å². The third-order valence-electron chi connectivity index (χ3n) is 5.62. The van der Waals surface area contributed by atoms with Gasteiger partial charge in [0.2, 0.25) is 5.91 Å². The van der Waals surface area contributed by atoms with Crippen molar-refractivity contribution in [2.75, 3.05) is 16.4 Å². The highest BCUT2D eigenvalue weighted by Gasteiger charge is 2.67. The summed E-state index contributed by atoms with van der Waals surface area (Å²) in [5.74, 6) is -6.80. The summed E-state index contributed by atoms with van der Waals surface area (Å²) in [4.78, 5) is 25.7. The first-order valence-corrected chi connectivity index (χ1v) is 12.4. The van der Waals surface area contributed by atoms with Gasteiger partial charge in [-0.2, -0.15) is 0 Å². The molecule has 4 N–H and O–H groups in total. The number of carbonyl (C=O) groups is 2. The third kappa shape index (κ3) is 5.28. The number of hydrogen-bond donors (Lipinski definition) is 3. The van der Waals surface area contributed by atoms with Gasteiger partial charge in [0.1, 0.15) is 21.7 Å². The van der Waals surface area contributed by atoms with Crippen LogP contribution in [0.15, 0.2) is 36.4 Å². The molecule has 0 bridgehead atoms. The number of amides is 2. The lowest BCUT2D eigenvalue weighted by Gasteiger charge is -2.12. The lowest BCUT2D eigenvalue weighted by atomic mass is 10.1. The summed E-state index contributed by atoms with van der Waals surface area (Å²) >= 11 is 36.7. The monoisotopic (exact) mass is 629 g/mol. The number of nitrogens with one attached hydrogen (secondary N) is 2. The Kier molecular flexibility index (Phi) is 7.74. The van der Waals surface area contributed by atoms with Crippen LogP contribution < -0.4 is 16.4 Å². The number of hydrogen-bond acceptors (Lipinski definition) is 3. The van der Waals surface area contributed by atoms with Gasteiger partial charge in [0.25, 0.3) is 5.91 Å². The molecule has 3 aromatic carbocycles. The number of nitrogen functional groups attached to an aromatic ring is 1. The summed E-state index contributed by atoms with van der Waals surface area (Å²) in [5, 5.41) is 4.35. The maximum absolute atomic E-state index is 14.5. The van der Waals surface area contributed by atoms with Crippen LogP contribution in [-0.2, 0) is 4.79 Å². The van der Waals surface area contributed by atoms with Crippen molar-refractivity contribution in [1.29, 1.82) is 0 Å². The van der Waals surface area contributed by atoms with Crippen molar-refractivity contribution >= 4 is 98.5 Å². The van der Waals surface area contributed by atoms with Gasteiger partial charge in [-0.25, -0.2) is 13.2 Å². The molecule has 2 atom stereocenters. The summed E-state index contributed by atoms with van der Waals surface area (Å²) in [5.41, 5.74) is 3.83. The Morgan fingerprint density at radius 3 is 2.11 bits per heavy atom. The Hall–Kier alpha value is -2.07. The summed E-state index contributed by atoms with van der Waals surface area (Å²) in [6.07, 6.45) is 0. The van der Waals surface area contributed by atoms with Gasteiger partial charge in [-0.3, -0.25) is 9.59 Å². The standard InChI is InChI=1S/C23H12Cl6F3N3O2/c24-10-3-7(4-11(25)18(10)27)15-16(23(15,28)29)22(37)34-8-5-9(17(26)13(31)6-8)21(36)35-14-2-1-12(30)20(33)19(14)32/h1-6,15-16H,33H2,(H,34,37)(H,35,36)/t15-,16?/m0/s1. The van der Waals surface area contributed by atoms with Gasteiger partial charge in [0.15, 0.2) is 5.82 Å². The summed E-state index contributed by atoms with van der Waals surface area (Å²) < 4.78 is 40.6. The highest BCUT2D eigenvalue weighted by atomic mass is 35.5. The van der Waals surface area contributed by atoms with Gasteiger partial charge in [-0.15, -0.1) is 23.2 Å². The molecule has 0 heterocycles. The van der Waals surface area contributed by atoms with Crippen LogP contribution in [0.25, 0.3) is 0 Å². The van der Waals surface area contributed by atoms with Gasteiger partial charge >= 0.3 is 0 Å². The van der Waals surface area contributed by atoms with E-state index >= 15 is 0 Å². The topological polar surface area (TPSA) is 84.2 Å². The molecule has 1 saturated carbocycles. The fourth-order valence-electron chi connectivity index (χ4n) is 3.72. The number of carbonyl (C=O) groups excluding carboxylic acids is 2. The van der Waals surface area contributed by atoms with Gasteiger partial charge < -0.3 is 16.4 Å². The van der Waals surface area contributed by atoms with Crippen molar-refractivity contribution in [3.63, 3.8) is 0 Å². The lowest BCUT2D eigenvalue weighted by Crippen LogP contribution is -2.19. The van der Waals surface area contributed by atoms with Crippen molar-refractivity contribution in [3.05, 3.63) is 85.1 Å². The normalized spacial score (nSPS) is 17.9. The second-order valence-electron chi connectivity index (χ2n) is 8.01. The van der Waals surface area contributed by atoms with E-state index < -0.39 is 67.4 Å². The molecule has 0 aliphatic heterocycles. The number of alkyl halides is 2. The summed E-state index contributed by atoms with van der Waals surface area (Å²) in [6.45, 7) is 0. The second-order valence-corrected chi connectivity index (χ2v) is 11.0. The molecular formula is C23H12Cl6F3N3O2. The fraction of sp³-hybridized carbons (Fsp3) is 0.130. The largest absolute Gasteiger partial charge is 0.394 e. The smallest absolute Gasteiger partial charge is 0.257 e. The predicted molar refractivity (Wildman–Crippen MR) is 141 cm³/mol. The highest BCUT2D eigenvalue weighted by molar-refractivity contribution is 6.54. The van der Waals surface area contributed by atoms with E-state index in [9.17, 15) is 22.8 Å². The fourth-order valence-corrected chi connectivity index (χ4v) is 5.36. The van der Waals surface area contributed by atoms with Crippen molar-refractivity contribution < 1.29 is 22.8 Å². The molecule has 4 rings (SSSR count). The van der Waals surface area contributed by atoms with Crippen molar-refractivity contribution in [2.45, 2.75) is 10.3 Å². The molecule has 1 aliphatic carbocycles. The minimum absolute atomic E-state index is 0.120. The van der Waals surface area contributed by atoms with E-state index in [1.807, 2.05) is 0 Å². The van der Waals surface area contributed by atoms with Crippen LogP contribution in [0.1, 0.15) is 21.8 Å². The van der Waals surface area contributed by atoms with Crippen molar-refractivity contribution in [2.24, 2.45) is 5.92 Å². The van der Waals surface area contributed by atoms with E-state index in [2.05, 4.69) is 10.6 Å². The first-order valence-electron chi connectivity index (χ1n) is 10.1. The molecule has 1 unspecified atom stereocenters. The van der Waals surface area contributed by atoms with E-state index in [-0.39, 0.29) is 20.8 Å². The maximum Gasteiger partial charge on any atom is 0.257 e. The number of rotatable bonds is 5. The van der Waals surface area contributed by atoms with Crippen LogP contribution in [0.3, 0.4) is 0 Å². The van der Waals surface area contributed by atoms with Gasteiger partial charge in [-0.05, 0) is 42.0 Å². The number of anilines is 3. The molecule has 5 nitrogen and oxygen atoms in total. The van der Waals surface area contributed by atoms with Gasteiger partial charge in [-0.1, -0.05) is 46.4 Å². The van der Waals surface area contributed by atoms with E-state index in [4.69, 9.17) is 75.3 Å². The first-order chi connectivity index (χ1) is 17.2. The molecule has 2 amide bonds. The average molecular weight is 632 g/mol. The molecule has 0 aromatic heterocycles. The zero-order valence-electron chi connectivity index (χ0n) is 17.9. The molecule has 0 spiro atoms. The Morgan fingerprint density at radius 2 is 1.49 bits per heavy atom. The quantitative estimate of drug-likeness (QED) is 0.151. The van der Waals surface area contributed by atoms with Crippen molar-refractivity contribution in [1.82, 2.24) is 0 Å². The van der Waals surface area contributed by atoms with Crippen LogP contribution in [0.5, 0.6) is 0 Å². The van der Waals surface area contributed by atoms with E-state index in [0.717, 1.165) is 24.3 Å². The van der Waals surface area contributed by atoms with Crippen LogP contribution in [-0.4, -0.2) is 16.1 Å². The summed E-state index contributed by atoms with van der Waals surface area (Å²) in [7, 11) is 0. The van der Waals surface area contributed by atoms with E-state index in [1.165, 1.54) is 12.1 Å². The molecule has 194 valence electrons. The highest BCUT2D eigenvalue weighted by Crippen LogP contribution is 2.65.